The van der Waals surface area contributed by atoms with E-state index in [-0.39, 0.29) is 30.8 Å². The van der Waals surface area contributed by atoms with E-state index in [4.69, 9.17) is 9.52 Å². The fourth-order valence-corrected chi connectivity index (χ4v) is 3.50. The van der Waals surface area contributed by atoms with Gasteiger partial charge in [-0.2, -0.15) is 13.2 Å². The normalized spacial score (nSPS) is 11.5. The van der Waals surface area contributed by atoms with E-state index in [9.17, 15) is 22.8 Å². The molecule has 0 radical (unpaired) electrons. The van der Waals surface area contributed by atoms with Crippen LogP contribution in [0.3, 0.4) is 0 Å². The Morgan fingerprint density at radius 1 is 1.13 bits per heavy atom. The number of hydrogen-bond donors (Lipinski definition) is 1. The monoisotopic (exact) mass is 434 g/mol. The van der Waals surface area contributed by atoms with E-state index in [1.54, 1.807) is 26.0 Å². The predicted molar refractivity (Wildman–Crippen MR) is 106 cm³/mol. The SMILES string of the molecule is Cc1cc(C(=O)N(CCC(=O)O)Cc2ccco2)c(C)n1-c1ccccc1C(F)(F)F. The van der Waals surface area contributed by atoms with Crippen LogP contribution in [0.1, 0.15) is 39.5 Å². The molecule has 0 aliphatic heterocycles. The molecule has 0 atom stereocenters. The van der Waals surface area contributed by atoms with Gasteiger partial charge in [0.1, 0.15) is 5.76 Å². The molecule has 0 bridgehead atoms. The Balaban J connectivity index is 2.01. The molecule has 0 fully saturated rings. The molecule has 3 rings (SSSR count). The second-order valence-electron chi connectivity index (χ2n) is 7.08. The van der Waals surface area contributed by atoms with Crippen LogP contribution >= 0.6 is 0 Å². The summed E-state index contributed by atoms with van der Waals surface area (Å²) < 4.78 is 47.2. The highest BCUT2D eigenvalue weighted by molar-refractivity contribution is 5.96. The maximum absolute atomic E-state index is 13.5. The van der Waals surface area contributed by atoms with Gasteiger partial charge in [-0.3, -0.25) is 9.59 Å². The second-order valence-corrected chi connectivity index (χ2v) is 7.08. The van der Waals surface area contributed by atoms with E-state index in [1.165, 1.54) is 40.0 Å². The molecule has 3 aromatic rings. The summed E-state index contributed by atoms with van der Waals surface area (Å²) in [6.07, 6.45) is -3.39. The van der Waals surface area contributed by atoms with Crippen molar-refractivity contribution >= 4 is 11.9 Å². The number of rotatable bonds is 7. The summed E-state index contributed by atoms with van der Waals surface area (Å²) >= 11 is 0. The molecule has 0 aliphatic carbocycles. The lowest BCUT2D eigenvalue weighted by molar-refractivity contribution is -0.138. The Bertz CT molecular complexity index is 1080. The van der Waals surface area contributed by atoms with Gasteiger partial charge in [0.25, 0.3) is 5.91 Å². The number of para-hydroxylation sites is 1. The topological polar surface area (TPSA) is 75.7 Å². The molecule has 31 heavy (non-hydrogen) atoms. The highest BCUT2D eigenvalue weighted by Gasteiger charge is 2.34. The van der Waals surface area contributed by atoms with Gasteiger partial charge < -0.3 is 19.0 Å². The van der Waals surface area contributed by atoms with Crippen LogP contribution in [0.2, 0.25) is 0 Å². The third kappa shape index (κ3) is 4.82. The van der Waals surface area contributed by atoms with Crippen molar-refractivity contribution in [2.24, 2.45) is 0 Å². The molecule has 0 saturated heterocycles. The zero-order valence-corrected chi connectivity index (χ0v) is 16.9. The van der Waals surface area contributed by atoms with Gasteiger partial charge in [-0.25, -0.2) is 0 Å². The van der Waals surface area contributed by atoms with Crippen LogP contribution in [0.25, 0.3) is 5.69 Å². The molecular weight excluding hydrogens is 413 g/mol. The van der Waals surface area contributed by atoms with E-state index in [2.05, 4.69) is 0 Å². The van der Waals surface area contributed by atoms with Gasteiger partial charge >= 0.3 is 12.1 Å². The maximum atomic E-state index is 13.5. The number of alkyl halides is 3. The number of halogens is 3. The van der Waals surface area contributed by atoms with Crippen LogP contribution in [0, 0.1) is 13.8 Å². The van der Waals surface area contributed by atoms with Gasteiger partial charge in [0.2, 0.25) is 0 Å². The first-order valence-electron chi connectivity index (χ1n) is 9.48. The number of carbonyl (C=O) groups excluding carboxylic acids is 1. The van der Waals surface area contributed by atoms with Gasteiger partial charge in [-0.05, 0) is 44.2 Å². The van der Waals surface area contributed by atoms with Crippen LogP contribution < -0.4 is 0 Å². The van der Waals surface area contributed by atoms with Crippen LogP contribution in [-0.4, -0.2) is 33.0 Å². The van der Waals surface area contributed by atoms with Gasteiger partial charge in [0.05, 0.1) is 36.0 Å². The van der Waals surface area contributed by atoms with E-state index in [0.717, 1.165) is 6.07 Å². The summed E-state index contributed by atoms with van der Waals surface area (Å²) in [5, 5.41) is 9.03. The highest BCUT2D eigenvalue weighted by atomic mass is 19.4. The molecule has 1 amide bonds. The highest BCUT2D eigenvalue weighted by Crippen LogP contribution is 2.35. The smallest absolute Gasteiger partial charge is 0.418 e. The van der Waals surface area contributed by atoms with Crippen molar-refractivity contribution in [1.82, 2.24) is 9.47 Å². The molecule has 1 aromatic carbocycles. The number of carbonyl (C=O) groups is 2. The van der Waals surface area contributed by atoms with E-state index >= 15 is 0 Å². The fourth-order valence-electron chi connectivity index (χ4n) is 3.50. The molecule has 0 unspecified atom stereocenters. The number of carboxylic acids is 1. The summed E-state index contributed by atoms with van der Waals surface area (Å²) in [5.41, 5.74) is 0.0976. The summed E-state index contributed by atoms with van der Waals surface area (Å²) in [4.78, 5) is 25.6. The van der Waals surface area contributed by atoms with Crippen LogP contribution in [-0.2, 0) is 17.5 Å². The maximum Gasteiger partial charge on any atom is 0.418 e. The molecule has 9 heteroatoms. The third-order valence-electron chi connectivity index (χ3n) is 4.92. The van der Waals surface area contributed by atoms with E-state index < -0.39 is 23.6 Å². The Morgan fingerprint density at radius 3 is 2.45 bits per heavy atom. The van der Waals surface area contributed by atoms with Crippen molar-refractivity contribution in [2.45, 2.75) is 33.0 Å². The quantitative estimate of drug-likeness (QED) is 0.578. The number of benzene rings is 1. The lowest BCUT2D eigenvalue weighted by Crippen LogP contribution is -2.32. The van der Waals surface area contributed by atoms with Crippen LogP contribution in [0.4, 0.5) is 13.2 Å². The van der Waals surface area contributed by atoms with Gasteiger partial charge in [-0.1, -0.05) is 12.1 Å². The Morgan fingerprint density at radius 2 is 1.84 bits per heavy atom. The molecule has 0 aliphatic rings. The summed E-state index contributed by atoms with van der Waals surface area (Å²) in [7, 11) is 0. The molecule has 0 spiro atoms. The second kappa shape index (κ2) is 8.71. The average Bonchev–Trinajstić information content (AvgIpc) is 3.31. The van der Waals surface area contributed by atoms with Gasteiger partial charge in [0.15, 0.2) is 0 Å². The zero-order valence-electron chi connectivity index (χ0n) is 16.9. The average molecular weight is 434 g/mol. The Kier molecular flexibility index (Phi) is 6.24. The number of nitrogens with zero attached hydrogens (tertiary/aromatic N) is 2. The van der Waals surface area contributed by atoms with Gasteiger partial charge in [-0.15, -0.1) is 0 Å². The minimum Gasteiger partial charge on any atom is -0.481 e. The number of furan rings is 1. The van der Waals surface area contributed by atoms with E-state index in [1.807, 2.05) is 0 Å². The minimum atomic E-state index is -4.56. The Labute approximate surface area is 176 Å². The number of aliphatic carboxylic acids is 1. The Hall–Kier alpha value is -3.49. The number of aryl methyl sites for hydroxylation is 1. The standard InChI is InChI=1S/C22H21F3N2O4/c1-14-12-17(15(2)27(14)19-8-4-3-7-18(19)22(23,24)25)21(30)26(10-9-20(28)29)13-16-6-5-11-31-16/h3-8,11-12H,9-10,13H2,1-2H3,(H,28,29). The largest absolute Gasteiger partial charge is 0.481 e. The summed E-state index contributed by atoms with van der Waals surface area (Å²) in [5.74, 6) is -1.08. The molecule has 6 nitrogen and oxygen atoms in total. The third-order valence-corrected chi connectivity index (χ3v) is 4.92. The van der Waals surface area contributed by atoms with Crippen molar-refractivity contribution in [2.75, 3.05) is 6.54 Å². The minimum absolute atomic E-state index is 0.0436. The van der Waals surface area contributed by atoms with Crippen LogP contribution in [0.15, 0.2) is 53.1 Å². The first kappa shape index (κ1) is 22.2. The van der Waals surface area contributed by atoms with Crippen molar-refractivity contribution < 1.29 is 32.3 Å². The predicted octanol–water partition coefficient (Wildman–Crippen LogP) is 4.82. The summed E-state index contributed by atoms with van der Waals surface area (Å²) in [6, 6.07) is 9.97. The van der Waals surface area contributed by atoms with Crippen LogP contribution in [0.5, 0.6) is 0 Å². The number of amides is 1. The molecule has 2 heterocycles. The fraction of sp³-hybridized carbons (Fsp3) is 0.273. The zero-order chi connectivity index (χ0) is 22.8. The number of aromatic nitrogens is 1. The van der Waals surface area contributed by atoms with Crippen molar-refractivity contribution in [3.05, 3.63) is 77.0 Å². The van der Waals surface area contributed by atoms with Crippen molar-refractivity contribution in [3.63, 3.8) is 0 Å². The number of carboxylic acid groups (broad SMARTS) is 1. The molecule has 164 valence electrons. The van der Waals surface area contributed by atoms with Gasteiger partial charge in [0, 0.05) is 17.9 Å². The number of hydrogen-bond acceptors (Lipinski definition) is 3. The molecular formula is C22H21F3N2O4. The lowest BCUT2D eigenvalue weighted by Gasteiger charge is -2.21. The molecule has 1 N–H and O–H groups in total. The molecule has 0 saturated carbocycles. The first-order chi connectivity index (χ1) is 14.6. The first-order valence-corrected chi connectivity index (χ1v) is 9.48. The lowest BCUT2D eigenvalue weighted by atomic mass is 10.1. The molecule has 2 aromatic heterocycles. The van der Waals surface area contributed by atoms with Crippen molar-refractivity contribution in [3.8, 4) is 5.69 Å². The summed E-state index contributed by atoms with van der Waals surface area (Å²) in [6.45, 7) is 3.15. The van der Waals surface area contributed by atoms with E-state index in [0.29, 0.717) is 17.1 Å². The van der Waals surface area contributed by atoms with Crippen molar-refractivity contribution in [1.29, 1.82) is 0 Å².